The summed E-state index contributed by atoms with van der Waals surface area (Å²) in [5.41, 5.74) is -1.12. The van der Waals surface area contributed by atoms with Crippen LogP contribution in [-0.2, 0) is 10.0 Å². The van der Waals surface area contributed by atoms with Gasteiger partial charge in [0, 0.05) is 11.4 Å². The fourth-order valence-electron chi connectivity index (χ4n) is 1.79. The van der Waals surface area contributed by atoms with Gasteiger partial charge in [-0.15, -0.1) is 11.3 Å². The van der Waals surface area contributed by atoms with Gasteiger partial charge in [0.15, 0.2) is 0 Å². The van der Waals surface area contributed by atoms with Gasteiger partial charge in [-0.25, -0.2) is 17.9 Å². The maximum atomic E-state index is 12.1. The zero-order chi connectivity index (χ0) is 15.6. The Hall–Kier alpha value is -0.960. The molecule has 0 saturated carbocycles. The lowest BCUT2D eigenvalue weighted by Gasteiger charge is -2.22. The summed E-state index contributed by atoms with van der Waals surface area (Å²) in [6.07, 6.45) is 1.20. The lowest BCUT2D eigenvalue weighted by atomic mass is 10.0. The van der Waals surface area contributed by atoms with E-state index >= 15 is 0 Å². The minimum absolute atomic E-state index is 0.0248. The number of carboxylic acids is 1. The molecule has 1 heterocycles. The Bertz CT molecular complexity index is 589. The first kappa shape index (κ1) is 17.1. The number of nitrogens with one attached hydrogen (secondary N) is 1. The largest absolute Gasteiger partial charge is 0.477 e. The van der Waals surface area contributed by atoms with Crippen LogP contribution in [0.2, 0.25) is 0 Å². The standard InChI is InChI=1S/C12H19NO5S2/c1-4-5-12(3,16)7-13-20(17,18)10-6-9(11(14)15)19-8(10)2/h6,13,16H,4-5,7H2,1-3H3,(H,14,15). The highest BCUT2D eigenvalue weighted by Crippen LogP contribution is 2.26. The number of aliphatic hydroxyl groups is 1. The van der Waals surface area contributed by atoms with Crippen LogP contribution in [0.4, 0.5) is 0 Å². The molecule has 0 spiro atoms. The van der Waals surface area contributed by atoms with Crippen LogP contribution in [-0.4, -0.2) is 36.7 Å². The van der Waals surface area contributed by atoms with Gasteiger partial charge < -0.3 is 10.2 Å². The van der Waals surface area contributed by atoms with Crippen molar-refractivity contribution in [2.75, 3.05) is 6.54 Å². The minimum Gasteiger partial charge on any atom is -0.477 e. The molecule has 20 heavy (non-hydrogen) atoms. The van der Waals surface area contributed by atoms with Crippen molar-refractivity contribution in [1.82, 2.24) is 4.72 Å². The molecule has 0 amide bonds. The van der Waals surface area contributed by atoms with Crippen molar-refractivity contribution in [3.63, 3.8) is 0 Å². The van der Waals surface area contributed by atoms with E-state index in [2.05, 4.69) is 4.72 Å². The quantitative estimate of drug-likeness (QED) is 0.707. The van der Waals surface area contributed by atoms with Crippen LogP contribution in [0.25, 0.3) is 0 Å². The number of aryl methyl sites for hydroxylation is 1. The first-order valence-corrected chi connectivity index (χ1v) is 8.45. The number of hydrogen-bond acceptors (Lipinski definition) is 5. The molecule has 1 unspecified atom stereocenters. The summed E-state index contributed by atoms with van der Waals surface area (Å²) in [6.45, 7) is 4.89. The molecule has 0 aliphatic heterocycles. The highest BCUT2D eigenvalue weighted by Gasteiger charge is 2.26. The van der Waals surface area contributed by atoms with Crippen LogP contribution in [0.3, 0.4) is 0 Å². The van der Waals surface area contributed by atoms with Crippen LogP contribution in [0, 0.1) is 6.92 Å². The lowest BCUT2D eigenvalue weighted by Crippen LogP contribution is -2.40. The molecule has 8 heteroatoms. The zero-order valence-electron chi connectivity index (χ0n) is 11.6. The van der Waals surface area contributed by atoms with Crippen LogP contribution >= 0.6 is 11.3 Å². The molecular weight excluding hydrogens is 302 g/mol. The highest BCUT2D eigenvalue weighted by atomic mass is 32.2. The molecule has 0 fully saturated rings. The first-order chi connectivity index (χ1) is 9.09. The number of thiophene rings is 1. The number of rotatable bonds is 7. The number of carboxylic acid groups (broad SMARTS) is 1. The van der Waals surface area contributed by atoms with Crippen molar-refractivity contribution in [3.05, 3.63) is 15.8 Å². The third kappa shape index (κ3) is 4.27. The average Bonchev–Trinajstić information content (AvgIpc) is 2.70. The van der Waals surface area contributed by atoms with Crippen LogP contribution in [0.15, 0.2) is 11.0 Å². The number of aromatic carboxylic acids is 1. The van der Waals surface area contributed by atoms with Gasteiger partial charge in [0.2, 0.25) is 10.0 Å². The van der Waals surface area contributed by atoms with Crippen LogP contribution in [0.1, 0.15) is 41.2 Å². The second-order valence-corrected chi connectivity index (χ2v) is 7.90. The molecule has 3 N–H and O–H groups in total. The molecule has 0 saturated heterocycles. The Balaban J connectivity index is 2.92. The van der Waals surface area contributed by atoms with Gasteiger partial charge >= 0.3 is 5.97 Å². The number of hydrogen-bond donors (Lipinski definition) is 3. The van der Waals surface area contributed by atoms with Gasteiger partial charge in [-0.2, -0.15) is 0 Å². The third-order valence-corrected chi connectivity index (χ3v) is 5.50. The summed E-state index contributed by atoms with van der Waals surface area (Å²) >= 11 is 0.912. The fourth-order valence-corrected chi connectivity index (χ4v) is 4.38. The predicted molar refractivity (Wildman–Crippen MR) is 76.7 cm³/mol. The van der Waals surface area contributed by atoms with Crippen molar-refractivity contribution >= 4 is 27.3 Å². The second-order valence-electron chi connectivity index (χ2n) is 4.91. The first-order valence-electron chi connectivity index (χ1n) is 6.15. The predicted octanol–water partition coefficient (Wildman–Crippen LogP) is 1.58. The average molecular weight is 321 g/mol. The van der Waals surface area contributed by atoms with Gasteiger partial charge in [0.1, 0.15) is 4.88 Å². The maximum Gasteiger partial charge on any atom is 0.345 e. The topological polar surface area (TPSA) is 104 Å². The molecule has 1 aromatic heterocycles. The molecule has 1 atom stereocenters. The lowest BCUT2D eigenvalue weighted by molar-refractivity contribution is 0.0554. The molecule has 1 rings (SSSR count). The molecule has 0 bridgehead atoms. The summed E-state index contributed by atoms with van der Waals surface area (Å²) in [6, 6.07) is 1.14. The summed E-state index contributed by atoms with van der Waals surface area (Å²) < 4.78 is 26.6. The second kappa shape index (κ2) is 6.21. The summed E-state index contributed by atoms with van der Waals surface area (Å²) in [7, 11) is -3.82. The number of sulfonamides is 1. The van der Waals surface area contributed by atoms with E-state index in [1.807, 2.05) is 6.92 Å². The van der Waals surface area contributed by atoms with Gasteiger partial charge in [-0.05, 0) is 26.3 Å². The fraction of sp³-hybridized carbons (Fsp3) is 0.583. The van der Waals surface area contributed by atoms with E-state index in [1.165, 1.54) is 0 Å². The Morgan fingerprint density at radius 2 is 2.10 bits per heavy atom. The monoisotopic (exact) mass is 321 g/mol. The normalized spacial score (nSPS) is 15.0. The van der Waals surface area contributed by atoms with Crippen molar-refractivity contribution in [1.29, 1.82) is 0 Å². The van der Waals surface area contributed by atoms with Crippen LogP contribution in [0.5, 0.6) is 0 Å². The van der Waals surface area contributed by atoms with E-state index in [9.17, 15) is 18.3 Å². The Morgan fingerprint density at radius 1 is 1.50 bits per heavy atom. The Morgan fingerprint density at radius 3 is 2.55 bits per heavy atom. The molecule has 0 radical (unpaired) electrons. The summed E-state index contributed by atoms with van der Waals surface area (Å²) in [4.78, 5) is 11.2. The van der Waals surface area contributed by atoms with Gasteiger partial charge in [0.25, 0.3) is 0 Å². The van der Waals surface area contributed by atoms with E-state index in [0.717, 1.165) is 23.8 Å². The Kier molecular flexibility index (Phi) is 5.31. The third-order valence-electron chi connectivity index (χ3n) is 2.80. The molecule has 0 aromatic carbocycles. The maximum absolute atomic E-state index is 12.1. The molecular formula is C12H19NO5S2. The molecule has 0 aliphatic rings. The molecule has 114 valence electrons. The highest BCUT2D eigenvalue weighted by molar-refractivity contribution is 7.89. The van der Waals surface area contributed by atoms with E-state index < -0.39 is 21.6 Å². The summed E-state index contributed by atoms with van der Waals surface area (Å²) in [5.74, 6) is -1.16. The van der Waals surface area contributed by atoms with Crippen molar-refractivity contribution in [3.8, 4) is 0 Å². The Labute approximate surface area is 122 Å². The van der Waals surface area contributed by atoms with E-state index in [-0.39, 0.29) is 16.3 Å². The van der Waals surface area contributed by atoms with Gasteiger partial charge in [-0.1, -0.05) is 13.3 Å². The van der Waals surface area contributed by atoms with E-state index in [1.54, 1.807) is 13.8 Å². The van der Waals surface area contributed by atoms with Crippen molar-refractivity contribution in [2.24, 2.45) is 0 Å². The molecule has 1 aromatic rings. The van der Waals surface area contributed by atoms with E-state index in [4.69, 9.17) is 5.11 Å². The molecule has 6 nitrogen and oxygen atoms in total. The van der Waals surface area contributed by atoms with Crippen LogP contribution < -0.4 is 4.72 Å². The van der Waals surface area contributed by atoms with Gasteiger partial charge in [-0.3, -0.25) is 0 Å². The van der Waals surface area contributed by atoms with Crippen molar-refractivity contribution in [2.45, 2.75) is 44.1 Å². The molecule has 0 aliphatic carbocycles. The van der Waals surface area contributed by atoms with Gasteiger partial charge in [0.05, 0.1) is 10.5 Å². The zero-order valence-corrected chi connectivity index (χ0v) is 13.3. The van der Waals surface area contributed by atoms with E-state index in [0.29, 0.717) is 11.3 Å². The SMILES string of the molecule is CCCC(C)(O)CNS(=O)(=O)c1cc(C(=O)O)sc1C. The summed E-state index contributed by atoms with van der Waals surface area (Å²) in [5, 5.41) is 18.8. The number of carbonyl (C=O) groups is 1. The minimum atomic E-state index is -3.82. The smallest absolute Gasteiger partial charge is 0.345 e. The van der Waals surface area contributed by atoms with Crippen molar-refractivity contribution < 1.29 is 23.4 Å².